The minimum absolute atomic E-state index is 0.174. The Morgan fingerprint density at radius 2 is 1.77 bits per heavy atom. The van der Waals surface area contributed by atoms with E-state index < -0.39 is 0 Å². The molecule has 2 N–H and O–H groups in total. The average molecular weight is 543 g/mol. The number of thioether (sulfide) groups is 1. The summed E-state index contributed by atoms with van der Waals surface area (Å²) in [6.07, 6.45) is 0. The van der Waals surface area contributed by atoms with Crippen LogP contribution in [0, 0.1) is 6.92 Å². The first kappa shape index (κ1) is 25.3. The number of carbonyl (C=O) groups is 2. The fourth-order valence-corrected chi connectivity index (χ4v) is 5.32. The van der Waals surface area contributed by atoms with Gasteiger partial charge >= 0.3 is 0 Å². The number of aryl methyl sites for hydroxylation is 1. The minimum Gasteiger partial charge on any atom is -0.322 e. The van der Waals surface area contributed by atoms with Gasteiger partial charge in [0.25, 0.3) is 5.91 Å². The molecule has 0 aliphatic heterocycles. The molecule has 35 heavy (non-hydrogen) atoms. The average Bonchev–Trinajstić information content (AvgIpc) is 3.27. The molecule has 0 fully saturated rings. The highest BCUT2D eigenvalue weighted by Gasteiger charge is 2.17. The Morgan fingerprint density at radius 1 is 1.00 bits per heavy atom. The van der Waals surface area contributed by atoms with Crippen LogP contribution in [0.2, 0.25) is 10.0 Å². The Balaban J connectivity index is 1.37. The van der Waals surface area contributed by atoms with Crippen LogP contribution in [-0.4, -0.2) is 22.0 Å². The number of nitrogens with one attached hydrogen (secondary N) is 2. The molecule has 0 saturated carbocycles. The topological polar surface area (TPSA) is 71.1 Å². The van der Waals surface area contributed by atoms with Crippen molar-refractivity contribution in [2.75, 3.05) is 10.6 Å². The van der Waals surface area contributed by atoms with Gasteiger partial charge in [0.05, 0.1) is 16.0 Å². The van der Waals surface area contributed by atoms with Crippen molar-refractivity contribution in [1.82, 2.24) is 4.98 Å². The first-order valence-electron chi connectivity index (χ1n) is 10.6. The first-order chi connectivity index (χ1) is 16.8. The molecule has 1 unspecified atom stereocenters. The minimum atomic E-state index is -0.385. The van der Waals surface area contributed by atoms with Crippen LogP contribution >= 0.6 is 46.3 Å². The summed E-state index contributed by atoms with van der Waals surface area (Å²) < 4.78 is 0. The summed E-state index contributed by atoms with van der Waals surface area (Å²) in [4.78, 5) is 30.6. The smallest absolute Gasteiger partial charge is 0.255 e. The van der Waals surface area contributed by atoms with Gasteiger partial charge in [-0.15, -0.1) is 23.1 Å². The molecule has 0 aliphatic carbocycles. The van der Waals surface area contributed by atoms with Crippen molar-refractivity contribution in [2.24, 2.45) is 0 Å². The van der Waals surface area contributed by atoms with E-state index in [4.69, 9.17) is 23.2 Å². The van der Waals surface area contributed by atoms with Crippen molar-refractivity contribution in [3.8, 4) is 11.3 Å². The largest absolute Gasteiger partial charge is 0.322 e. The molecule has 4 aromatic rings. The van der Waals surface area contributed by atoms with E-state index in [1.807, 2.05) is 55.6 Å². The van der Waals surface area contributed by atoms with Crippen molar-refractivity contribution in [1.29, 1.82) is 0 Å². The van der Waals surface area contributed by atoms with E-state index in [0.717, 1.165) is 16.0 Å². The molecule has 1 atom stereocenters. The van der Waals surface area contributed by atoms with Crippen LogP contribution in [0.5, 0.6) is 0 Å². The summed E-state index contributed by atoms with van der Waals surface area (Å²) in [5.74, 6) is -0.356. The number of anilines is 2. The van der Waals surface area contributed by atoms with E-state index in [0.29, 0.717) is 32.1 Å². The Bertz CT molecular complexity index is 1370. The van der Waals surface area contributed by atoms with Gasteiger partial charge in [-0.1, -0.05) is 47.0 Å². The lowest BCUT2D eigenvalue weighted by Crippen LogP contribution is -2.22. The van der Waals surface area contributed by atoms with E-state index in [9.17, 15) is 9.59 Å². The summed E-state index contributed by atoms with van der Waals surface area (Å²) in [7, 11) is 0. The number of hydrogen-bond acceptors (Lipinski definition) is 5. The van der Waals surface area contributed by atoms with Gasteiger partial charge in [-0.2, -0.15) is 0 Å². The Kier molecular flexibility index (Phi) is 8.13. The third-order valence-electron chi connectivity index (χ3n) is 5.03. The maximum Gasteiger partial charge on any atom is 0.255 e. The molecule has 2 amide bonds. The monoisotopic (exact) mass is 541 g/mol. The van der Waals surface area contributed by atoms with Gasteiger partial charge in [0.15, 0.2) is 5.13 Å². The molecule has 9 heteroatoms. The lowest BCUT2D eigenvalue weighted by molar-refractivity contribution is -0.115. The van der Waals surface area contributed by atoms with Gasteiger partial charge < -0.3 is 10.6 Å². The van der Waals surface area contributed by atoms with Crippen LogP contribution < -0.4 is 10.6 Å². The van der Waals surface area contributed by atoms with E-state index in [1.54, 1.807) is 30.3 Å². The number of amides is 2. The van der Waals surface area contributed by atoms with Gasteiger partial charge in [-0.3, -0.25) is 9.59 Å². The van der Waals surface area contributed by atoms with Gasteiger partial charge in [-0.25, -0.2) is 4.98 Å². The van der Waals surface area contributed by atoms with Crippen molar-refractivity contribution < 1.29 is 9.59 Å². The Hall–Kier alpha value is -2.84. The number of nitrogens with zero attached hydrogens (tertiary/aromatic N) is 1. The van der Waals surface area contributed by atoms with Gasteiger partial charge in [0.1, 0.15) is 0 Å². The van der Waals surface area contributed by atoms with Gasteiger partial charge in [0.2, 0.25) is 5.91 Å². The zero-order chi connectivity index (χ0) is 24.9. The molecule has 4 rings (SSSR count). The highest BCUT2D eigenvalue weighted by molar-refractivity contribution is 8.00. The molecule has 1 heterocycles. The molecule has 0 spiro atoms. The molecule has 3 aromatic carbocycles. The number of benzene rings is 3. The molecule has 178 valence electrons. The maximum absolute atomic E-state index is 12.8. The summed E-state index contributed by atoms with van der Waals surface area (Å²) >= 11 is 15.0. The SMILES string of the molecule is Cc1ccc(C(=O)Nc2cccc(SC(C)C(=O)Nc3nc(-c4ccc(Cl)cc4Cl)cs3)c2)cc1. The normalized spacial score (nSPS) is 11.7. The van der Waals surface area contributed by atoms with E-state index in [1.165, 1.54) is 23.1 Å². The third-order valence-corrected chi connectivity index (χ3v) is 7.43. The second kappa shape index (κ2) is 11.3. The van der Waals surface area contributed by atoms with Crippen LogP contribution in [0.1, 0.15) is 22.8 Å². The van der Waals surface area contributed by atoms with E-state index >= 15 is 0 Å². The zero-order valence-electron chi connectivity index (χ0n) is 18.8. The molecule has 1 aromatic heterocycles. The van der Waals surface area contributed by atoms with Gasteiger partial charge in [-0.05, 0) is 62.4 Å². The summed E-state index contributed by atoms with van der Waals surface area (Å²) in [5.41, 5.74) is 3.76. The molecular formula is C26H21Cl2N3O2S2. The number of hydrogen-bond donors (Lipinski definition) is 2. The highest BCUT2D eigenvalue weighted by atomic mass is 35.5. The number of carbonyl (C=O) groups excluding carboxylic acids is 2. The second-order valence-electron chi connectivity index (χ2n) is 7.76. The molecular weight excluding hydrogens is 521 g/mol. The van der Waals surface area contributed by atoms with Crippen LogP contribution in [0.4, 0.5) is 10.8 Å². The van der Waals surface area contributed by atoms with Crippen LogP contribution in [0.15, 0.2) is 77.0 Å². The zero-order valence-corrected chi connectivity index (χ0v) is 22.0. The lowest BCUT2D eigenvalue weighted by atomic mass is 10.1. The summed E-state index contributed by atoms with van der Waals surface area (Å²) in [6.45, 7) is 3.80. The molecule has 0 radical (unpaired) electrons. The van der Waals surface area contributed by atoms with Crippen LogP contribution in [0.3, 0.4) is 0 Å². The third kappa shape index (κ3) is 6.64. The quantitative estimate of drug-likeness (QED) is 0.234. The highest BCUT2D eigenvalue weighted by Crippen LogP contribution is 2.33. The number of thiazole rings is 1. The fraction of sp³-hybridized carbons (Fsp3) is 0.115. The molecule has 5 nitrogen and oxygen atoms in total. The predicted molar refractivity (Wildman–Crippen MR) is 147 cm³/mol. The van der Waals surface area contributed by atoms with Crippen LogP contribution in [-0.2, 0) is 4.79 Å². The van der Waals surface area contributed by atoms with E-state index in [-0.39, 0.29) is 17.1 Å². The van der Waals surface area contributed by atoms with Crippen molar-refractivity contribution in [3.05, 3.63) is 93.3 Å². The van der Waals surface area contributed by atoms with Gasteiger partial charge in [0, 0.05) is 32.1 Å². The van der Waals surface area contributed by atoms with Crippen molar-refractivity contribution in [3.63, 3.8) is 0 Å². The summed E-state index contributed by atoms with van der Waals surface area (Å²) in [6, 6.07) is 20.0. The van der Waals surface area contributed by atoms with Crippen LogP contribution in [0.25, 0.3) is 11.3 Å². The number of rotatable bonds is 7. The van der Waals surface area contributed by atoms with Crippen molar-refractivity contribution in [2.45, 2.75) is 24.0 Å². The molecule has 0 bridgehead atoms. The molecule has 0 saturated heterocycles. The second-order valence-corrected chi connectivity index (χ2v) is 10.9. The van der Waals surface area contributed by atoms with E-state index in [2.05, 4.69) is 15.6 Å². The fourth-order valence-electron chi connectivity index (χ4n) is 3.17. The van der Waals surface area contributed by atoms with Crippen molar-refractivity contribution >= 4 is 68.9 Å². The predicted octanol–water partition coefficient (Wildman–Crippen LogP) is 7.80. The number of halogens is 2. The lowest BCUT2D eigenvalue weighted by Gasteiger charge is -2.12. The summed E-state index contributed by atoms with van der Waals surface area (Å²) in [5, 5.41) is 8.76. The Labute approximate surface area is 221 Å². The Morgan fingerprint density at radius 3 is 2.51 bits per heavy atom. The molecule has 0 aliphatic rings. The maximum atomic E-state index is 12.8. The first-order valence-corrected chi connectivity index (χ1v) is 13.2. The number of aromatic nitrogens is 1. The standard InChI is InChI=1S/C26H21Cl2N3O2S2/c1-15-6-8-17(9-7-15)25(33)29-19-4-3-5-20(13-19)35-16(2)24(32)31-26-30-23(14-34-26)21-11-10-18(27)12-22(21)28/h3-14,16H,1-2H3,(H,29,33)(H,30,31,32).